The van der Waals surface area contributed by atoms with Crippen LogP contribution in [0.25, 0.3) is 0 Å². The van der Waals surface area contributed by atoms with E-state index in [1.165, 1.54) is 11.6 Å². The smallest absolute Gasteiger partial charge is 0.340 e. The number of rotatable bonds is 4. The van der Waals surface area contributed by atoms with Crippen LogP contribution in [0.3, 0.4) is 0 Å². The highest BCUT2D eigenvalue weighted by Crippen LogP contribution is 2.24. The Kier molecular flexibility index (Phi) is 4.57. The van der Waals surface area contributed by atoms with Gasteiger partial charge in [0.1, 0.15) is 11.4 Å². The third kappa shape index (κ3) is 3.51. The van der Waals surface area contributed by atoms with E-state index >= 15 is 0 Å². The molecule has 0 bridgehead atoms. The summed E-state index contributed by atoms with van der Waals surface area (Å²) in [4.78, 5) is 15.6. The van der Waals surface area contributed by atoms with Crippen molar-refractivity contribution in [2.75, 3.05) is 31.1 Å². The predicted molar refractivity (Wildman–Crippen MR) is 87.3 cm³/mol. The monoisotopic (exact) mass is 314 g/mol. The number of carbonyl (C=O) groups is 1. The third-order valence-electron chi connectivity index (χ3n) is 4.17. The molecular weight excluding hydrogens is 295 g/mol. The zero-order valence-corrected chi connectivity index (χ0v) is 12.8. The molecular formula is C18H19FN2O2. The predicted octanol–water partition coefficient (Wildman–Crippen LogP) is 2.85. The summed E-state index contributed by atoms with van der Waals surface area (Å²) in [5, 5.41) is 9.25. The Bertz CT molecular complexity index is 683. The molecule has 2 aromatic carbocycles. The minimum absolute atomic E-state index is 0.232. The van der Waals surface area contributed by atoms with Gasteiger partial charge < -0.3 is 10.0 Å². The van der Waals surface area contributed by atoms with Crippen LogP contribution in [0.4, 0.5) is 10.1 Å². The highest BCUT2D eigenvalue weighted by Gasteiger charge is 2.23. The lowest BCUT2D eigenvalue weighted by molar-refractivity contribution is 0.0692. The highest BCUT2D eigenvalue weighted by molar-refractivity contribution is 5.94. The molecule has 5 heteroatoms. The van der Waals surface area contributed by atoms with Crippen molar-refractivity contribution >= 4 is 11.7 Å². The molecule has 2 aromatic rings. The molecule has 120 valence electrons. The van der Waals surface area contributed by atoms with Gasteiger partial charge in [-0.1, -0.05) is 36.4 Å². The molecule has 1 saturated heterocycles. The number of hydrogen-bond donors (Lipinski definition) is 1. The van der Waals surface area contributed by atoms with Gasteiger partial charge in [0, 0.05) is 32.7 Å². The van der Waals surface area contributed by atoms with Crippen molar-refractivity contribution in [3.8, 4) is 0 Å². The molecule has 0 amide bonds. The second-order valence-electron chi connectivity index (χ2n) is 5.69. The van der Waals surface area contributed by atoms with E-state index in [-0.39, 0.29) is 5.56 Å². The minimum Gasteiger partial charge on any atom is -0.478 e. The van der Waals surface area contributed by atoms with Crippen molar-refractivity contribution in [1.29, 1.82) is 0 Å². The van der Waals surface area contributed by atoms with Gasteiger partial charge in [0.15, 0.2) is 0 Å². The Hall–Kier alpha value is -2.40. The van der Waals surface area contributed by atoms with Crippen molar-refractivity contribution in [1.82, 2.24) is 4.90 Å². The highest BCUT2D eigenvalue weighted by atomic mass is 19.1. The van der Waals surface area contributed by atoms with Gasteiger partial charge in [-0.05, 0) is 17.7 Å². The van der Waals surface area contributed by atoms with Crippen LogP contribution in [-0.2, 0) is 6.54 Å². The lowest BCUT2D eigenvalue weighted by atomic mass is 10.1. The Labute approximate surface area is 134 Å². The maximum atomic E-state index is 13.8. The summed E-state index contributed by atoms with van der Waals surface area (Å²) in [5.74, 6) is -1.90. The van der Waals surface area contributed by atoms with Crippen molar-refractivity contribution in [3.05, 3.63) is 65.5 Å². The standard InChI is InChI=1S/C18H19FN2O2/c19-15-7-4-8-16(17(15)18(22)23)21-11-9-20(10-12-21)13-14-5-2-1-3-6-14/h1-8H,9-13H2,(H,22,23). The number of carboxylic acids is 1. The molecule has 4 nitrogen and oxygen atoms in total. The van der Waals surface area contributed by atoms with Gasteiger partial charge in [-0.25, -0.2) is 9.18 Å². The fourth-order valence-corrected chi connectivity index (χ4v) is 2.98. The lowest BCUT2D eigenvalue weighted by Gasteiger charge is -2.36. The Morgan fingerprint density at radius 2 is 1.70 bits per heavy atom. The Morgan fingerprint density at radius 1 is 1.00 bits per heavy atom. The molecule has 1 fully saturated rings. The van der Waals surface area contributed by atoms with E-state index < -0.39 is 11.8 Å². The first-order valence-electron chi connectivity index (χ1n) is 7.68. The van der Waals surface area contributed by atoms with Gasteiger partial charge >= 0.3 is 5.97 Å². The molecule has 1 aliphatic rings. The topological polar surface area (TPSA) is 43.8 Å². The van der Waals surface area contributed by atoms with Crippen LogP contribution in [-0.4, -0.2) is 42.2 Å². The number of nitrogens with zero attached hydrogens (tertiary/aromatic N) is 2. The molecule has 0 aliphatic carbocycles. The second-order valence-corrected chi connectivity index (χ2v) is 5.69. The first-order valence-corrected chi connectivity index (χ1v) is 7.68. The summed E-state index contributed by atoms with van der Waals surface area (Å²) in [7, 11) is 0. The molecule has 0 saturated carbocycles. The largest absolute Gasteiger partial charge is 0.478 e. The average Bonchev–Trinajstić information content (AvgIpc) is 2.56. The van der Waals surface area contributed by atoms with E-state index in [0.717, 1.165) is 19.6 Å². The summed E-state index contributed by atoms with van der Waals surface area (Å²) < 4.78 is 13.8. The van der Waals surface area contributed by atoms with Crippen LogP contribution in [0.15, 0.2) is 48.5 Å². The molecule has 3 rings (SSSR count). The molecule has 0 spiro atoms. The SMILES string of the molecule is O=C(O)c1c(F)cccc1N1CCN(Cc2ccccc2)CC1. The van der Waals surface area contributed by atoms with Crippen LogP contribution in [0, 0.1) is 5.82 Å². The normalized spacial score (nSPS) is 15.6. The quantitative estimate of drug-likeness (QED) is 0.942. The zero-order valence-electron chi connectivity index (χ0n) is 12.8. The van der Waals surface area contributed by atoms with Gasteiger partial charge in [-0.15, -0.1) is 0 Å². The van der Waals surface area contributed by atoms with E-state index in [2.05, 4.69) is 17.0 Å². The first kappa shape index (κ1) is 15.5. The van der Waals surface area contributed by atoms with Crippen molar-refractivity contribution in [3.63, 3.8) is 0 Å². The second kappa shape index (κ2) is 6.79. The number of carboxylic acid groups (broad SMARTS) is 1. The number of aromatic carboxylic acids is 1. The Balaban J connectivity index is 1.68. The van der Waals surface area contributed by atoms with Crippen LogP contribution in [0.1, 0.15) is 15.9 Å². The lowest BCUT2D eigenvalue weighted by Crippen LogP contribution is -2.46. The molecule has 0 atom stereocenters. The van der Waals surface area contributed by atoms with Gasteiger partial charge in [-0.2, -0.15) is 0 Å². The minimum atomic E-state index is -1.22. The van der Waals surface area contributed by atoms with Crippen LogP contribution >= 0.6 is 0 Å². The number of anilines is 1. The maximum Gasteiger partial charge on any atom is 0.340 e. The summed E-state index contributed by atoms with van der Waals surface area (Å²) in [6, 6.07) is 14.7. The van der Waals surface area contributed by atoms with Gasteiger partial charge in [0.05, 0.1) is 5.69 Å². The summed E-state index contributed by atoms with van der Waals surface area (Å²) >= 11 is 0. The molecule has 0 aromatic heterocycles. The van der Waals surface area contributed by atoms with E-state index in [1.54, 1.807) is 12.1 Å². The Morgan fingerprint density at radius 3 is 2.35 bits per heavy atom. The van der Waals surface area contributed by atoms with Gasteiger partial charge in [0.2, 0.25) is 0 Å². The van der Waals surface area contributed by atoms with Crippen molar-refractivity contribution in [2.45, 2.75) is 6.54 Å². The van der Waals surface area contributed by atoms with E-state index in [1.807, 2.05) is 23.1 Å². The number of halogens is 1. The van der Waals surface area contributed by atoms with Crippen LogP contribution < -0.4 is 4.90 Å². The molecule has 0 radical (unpaired) electrons. The van der Waals surface area contributed by atoms with E-state index in [4.69, 9.17) is 0 Å². The summed E-state index contributed by atoms with van der Waals surface area (Å²) in [5.41, 5.74) is 1.50. The van der Waals surface area contributed by atoms with Crippen molar-refractivity contribution < 1.29 is 14.3 Å². The molecule has 23 heavy (non-hydrogen) atoms. The maximum absolute atomic E-state index is 13.8. The van der Waals surface area contributed by atoms with Crippen LogP contribution in [0.5, 0.6) is 0 Å². The molecule has 1 heterocycles. The van der Waals surface area contributed by atoms with Gasteiger partial charge in [0.25, 0.3) is 0 Å². The third-order valence-corrected chi connectivity index (χ3v) is 4.17. The van der Waals surface area contributed by atoms with E-state index in [0.29, 0.717) is 18.8 Å². The van der Waals surface area contributed by atoms with E-state index in [9.17, 15) is 14.3 Å². The number of hydrogen-bond acceptors (Lipinski definition) is 3. The summed E-state index contributed by atoms with van der Waals surface area (Å²) in [6.07, 6.45) is 0. The van der Waals surface area contributed by atoms with Crippen LogP contribution in [0.2, 0.25) is 0 Å². The van der Waals surface area contributed by atoms with Gasteiger partial charge in [-0.3, -0.25) is 4.90 Å². The molecule has 1 aliphatic heterocycles. The molecule has 0 unspecified atom stereocenters. The number of benzene rings is 2. The fraction of sp³-hybridized carbons (Fsp3) is 0.278. The zero-order chi connectivity index (χ0) is 16.2. The van der Waals surface area contributed by atoms with Crippen molar-refractivity contribution in [2.24, 2.45) is 0 Å². The number of piperazine rings is 1. The average molecular weight is 314 g/mol. The fourth-order valence-electron chi connectivity index (χ4n) is 2.98. The summed E-state index contributed by atoms with van der Waals surface area (Å²) in [6.45, 7) is 3.91. The first-order chi connectivity index (χ1) is 11.1. The molecule has 1 N–H and O–H groups in total.